The minimum atomic E-state index is 0.0779. The summed E-state index contributed by atoms with van der Waals surface area (Å²) >= 11 is 0. The third kappa shape index (κ3) is 2.88. The molecule has 3 N–H and O–H groups in total. The van der Waals surface area contributed by atoms with E-state index in [9.17, 15) is 0 Å². The number of nitrogens with one attached hydrogen (secondary N) is 1. The SMILES string of the molecule is CC(C)(C(Cc1ccncc1)NN)N1CCCC1. The first kappa shape index (κ1) is 13.5. The molecule has 1 aliphatic rings. The highest BCUT2D eigenvalue weighted by atomic mass is 15.3. The normalized spacial score (nSPS) is 19.1. The Balaban J connectivity index is 2.07. The van der Waals surface area contributed by atoms with Crippen LogP contribution in [0.2, 0.25) is 0 Å². The van der Waals surface area contributed by atoms with Gasteiger partial charge in [-0.2, -0.15) is 0 Å². The van der Waals surface area contributed by atoms with Crippen molar-refractivity contribution in [1.82, 2.24) is 15.3 Å². The van der Waals surface area contributed by atoms with Gasteiger partial charge in [0.2, 0.25) is 0 Å². The van der Waals surface area contributed by atoms with Gasteiger partial charge < -0.3 is 0 Å². The maximum atomic E-state index is 5.78. The Morgan fingerprint density at radius 1 is 1.33 bits per heavy atom. The molecule has 4 heteroatoms. The molecule has 1 unspecified atom stereocenters. The average molecular weight is 248 g/mol. The molecule has 1 saturated heterocycles. The second-order valence-electron chi connectivity index (χ2n) is 5.63. The summed E-state index contributed by atoms with van der Waals surface area (Å²) in [7, 11) is 0. The highest BCUT2D eigenvalue weighted by Gasteiger charge is 2.36. The summed E-state index contributed by atoms with van der Waals surface area (Å²) in [5.41, 5.74) is 4.36. The zero-order valence-corrected chi connectivity index (χ0v) is 11.4. The molecule has 0 radical (unpaired) electrons. The third-order valence-corrected chi connectivity index (χ3v) is 4.16. The van der Waals surface area contributed by atoms with Crippen molar-refractivity contribution < 1.29 is 0 Å². The van der Waals surface area contributed by atoms with Crippen molar-refractivity contribution in [2.75, 3.05) is 13.1 Å². The standard InChI is InChI=1S/C14H24N4/c1-14(2,18-9-3-4-10-18)13(17-15)11-12-5-7-16-8-6-12/h5-8,13,17H,3-4,9-11,15H2,1-2H3. The van der Waals surface area contributed by atoms with Crippen molar-refractivity contribution in [2.24, 2.45) is 5.84 Å². The molecule has 0 aromatic carbocycles. The van der Waals surface area contributed by atoms with Gasteiger partial charge in [0.1, 0.15) is 0 Å². The second kappa shape index (κ2) is 5.78. The van der Waals surface area contributed by atoms with Gasteiger partial charge >= 0.3 is 0 Å². The van der Waals surface area contributed by atoms with Crippen molar-refractivity contribution in [3.63, 3.8) is 0 Å². The van der Waals surface area contributed by atoms with Crippen LogP contribution in [0.1, 0.15) is 32.3 Å². The lowest BCUT2D eigenvalue weighted by Gasteiger charge is -2.42. The zero-order valence-electron chi connectivity index (χ0n) is 11.4. The summed E-state index contributed by atoms with van der Waals surface area (Å²) in [6, 6.07) is 4.37. The summed E-state index contributed by atoms with van der Waals surface area (Å²) in [5.74, 6) is 5.78. The van der Waals surface area contributed by atoms with Gasteiger partial charge in [-0.15, -0.1) is 0 Å². The first-order chi connectivity index (χ1) is 8.64. The van der Waals surface area contributed by atoms with E-state index < -0.39 is 0 Å². The van der Waals surface area contributed by atoms with Crippen molar-refractivity contribution in [3.8, 4) is 0 Å². The van der Waals surface area contributed by atoms with Crippen LogP contribution in [-0.2, 0) is 6.42 Å². The van der Waals surface area contributed by atoms with Crippen LogP contribution in [0.3, 0.4) is 0 Å². The molecule has 0 amide bonds. The van der Waals surface area contributed by atoms with E-state index in [2.05, 4.69) is 41.3 Å². The van der Waals surface area contributed by atoms with Gasteiger partial charge in [0.15, 0.2) is 0 Å². The van der Waals surface area contributed by atoms with Gasteiger partial charge in [-0.05, 0) is 63.9 Å². The fourth-order valence-electron chi connectivity index (χ4n) is 2.78. The summed E-state index contributed by atoms with van der Waals surface area (Å²) in [6.45, 7) is 6.93. The molecular formula is C14H24N4. The second-order valence-corrected chi connectivity index (χ2v) is 5.63. The van der Waals surface area contributed by atoms with Crippen LogP contribution in [0.4, 0.5) is 0 Å². The molecule has 1 aromatic heterocycles. The summed E-state index contributed by atoms with van der Waals surface area (Å²) in [5, 5.41) is 0. The van der Waals surface area contributed by atoms with Crippen molar-refractivity contribution in [2.45, 2.75) is 44.7 Å². The number of hydrogen-bond acceptors (Lipinski definition) is 4. The highest BCUT2D eigenvalue weighted by Crippen LogP contribution is 2.25. The number of pyridine rings is 1. The van der Waals surface area contributed by atoms with Crippen LogP contribution in [0.25, 0.3) is 0 Å². The van der Waals surface area contributed by atoms with E-state index in [-0.39, 0.29) is 11.6 Å². The molecule has 0 saturated carbocycles. The van der Waals surface area contributed by atoms with Crippen molar-refractivity contribution >= 4 is 0 Å². The smallest absolute Gasteiger partial charge is 0.0429 e. The lowest BCUT2D eigenvalue weighted by atomic mass is 9.88. The Kier molecular flexibility index (Phi) is 4.32. The molecule has 1 atom stereocenters. The van der Waals surface area contributed by atoms with E-state index in [1.54, 1.807) is 0 Å². The number of aromatic nitrogens is 1. The first-order valence-electron chi connectivity index (χ1n) is 6.74. The van der Waals surface area contributed by atoms with Gasteiger partial charge in [0.05, 0.1) is 0 Å². The highest BCUT2D eigenvalue weighted by molar-refractivity contribution is 5.13. The number of hydrazine groups is 1. The lowest BCUT2D eigenvalue weighted by molar-refractivity contribution is 0.106. The third-order valence-electron chi connectivity index (χ3n) is 4.16. The van der Waals surface area contributed by atoms with Crippen LogP contribution in [-0.4, -0.2) is 34.6 Å². The van der Waals surface area contributed by atoms with Gasteiger partial charge in [-0.3, -0.25) is 21.2 Å². The Morgan fingerprint density at radius 2 is 1.94 bits per heavy atom. The van der Waals surface area contributed by atoms with Crippen LogP contribution in [0.15, 0.2) is 24.5 Å². The van der Waals surface area contributed by atoms with E-state index in [0.29, 0.717) is 0 Å². The fraction of sp³-hybridized carbons (Fsp3) is 0.643. The molecule has 0 bridgehead atoms. The first-order valence-corrected chi connectivity index (χ1v) is 6.74. The molecule has 1 fully saturated rings. The Labute approximate surface area is 110 Å². The van der Waals surface area contributed by atoms with Crippen LogP contribution < -0.4 is 11.3 Å². The quantitative estimate of drug-likeness (QED) is 0.610. The molecule has 1 aliphatic heterocycles. The number of nitrogens with two attached hydrogens (primary N) is 1. The Morgan fingerprint density at radius 3 is 2.50 bits per heavy atom. The molecule has 2 heterocycles. The summed E-state index contributed by atoms with van der Waals surface area (Å²) < 4.78 is 0. The Bertz CT molecular complexity index is 357. The Hall–Kier alpha value is -0.970. The molecule has 4 nitrogen and oxygen atoms in total. The molecular weight excluding hydrogens is 224 g/mol. The molecule has 0 aliphatic carbocycles. The van der Waals surface area contributed by atoms with E-state index in [1.807, 2.05) is 12.4 Å². The van der Waals surface area contributed by atoms with Gasteiger partial charge in [0.25, 0.3) is 0 Å². The molecule has 100 valence electrons. The van der Waals surface area contributed by atoms with Gasteiger partial charge in [-0.1, -0.05) is 0 Å². The maximum Gasteiger partial charge on any atom is 0.0429 e. The van der Waals surface area contributed by atoms with Crippen LogP contribution in [0.5, 0.6) is 0 Å². The molecule has 1 aromatic rings. The van der Waals surface area contributed by atoms with Crippen LogP contribution >= 0.6 is 0 Å². The minimum Gasteiger partial charge on any atom is -0.297 e. The molecule has 0 spiro atoms. The summed E-state index contributed by atoms with van der Waals surface area (Å²) in [6.07, 6.45) is 7.21. The van der Waals surface area contributed by atoms with Gasteiger partial charge in [-0.25, -0.2) is 0 Å². The van der Waals surface area contributed by atoms with Crippen molar-refractivity contribution in [1.29, 1.82) is 0 Å². The van der Waals surface area contributed by atoms with E-state index in [1.165, 1.54) is 31.5 Å². The zero-order chi connectivity index (χ0) is 13.0. The average Bonchev–Trinajstić information content (AvgIpc) is 2.91. The topological polar surface area (TPSA) is 54.2 Å². The number of hydrogen-bond donors (Lipinski definition) is 2. The van der Waals surface area contributed by atoms with Gasteiger partial charge in [0, 0.05) is 24.0 Å². The largest absolute Gasteiger partial charge is 0.297 e. The summed E-state index contributed by atoms with van der Waals surface area (Å²) in [4.78, 5) is 6.60. The minimum absolute atomic E-state index is 0.0779. The molecule has 18 heavy (non-hydrogen) atoms. The predicted molar refractivity (Wildman–Crippen MR) is 73.9 cm³/mol. The van der Waals surface area contributed by atoms with E-state index >= 15 is 0 Å². The number of rotatable bonds is 5. The fourth-order valence-corrected chi connectivity index (χ4v) is 2.78. The molecule has 2 rings (SSSR count). The number of nitrogens with zero attached hydrogens (tertiary/aromatic N) is 2. The van der Waals surface area contributed by atoms with E-state index in [0.717, 1.165) is 6.42 Å². The number of likely N-dealkylation sites (tertiary alicyclic amines) is 1. The van der Waals surface area contributed by atoms with Crippen LogP contribution in [0, 0.1) is 0 Å². The lowest BCUT2D eigenvalue weighted by Crippen LogP contribution is -2.59. The monoisotopic (exact) mass is 248 g/mol. The van der Waals surface area contributed by atoms with E-state index in [4.69, 9.17) is 5.84 Å². The maximum absolute atomic E-state index is 5.78. The predicted octanol–water partition coefficient (Wildman–Crippen LogP) is 1.33. The van der Waals surface area contributed by atoms with Crippen molar-refractivity contribution in [3.05, 3.63) is 30.1 Å².